The van der Waals surface area contributed by atoms with Gasteiger partial charge in [-0.1, -0.05) is 23.8 Å². The van der Waals surface area contributed by atoms with Crippen molar-refractivity contribution in [2.24, 2.45) is 0 Å². The number of aryl methyl sites for hydroxylation is 1. The summed E-state index contributed by atoms with van der Waals surface area (Å²) in [6.45, 7) is 19.7. The van der Waals surface area contributed by atoms with Gasteiger partial charge in [-0.05, 0) is 80.3 Å². The van der Waals surface area contributed by atoms with Crippen molar-refractivity contribution >= 4 is 18.7 Å². The van der Waals surface area contributed by atoms with E-state index in [0.717, 1.165) is 16.6 Å². The Morgan fingerprint density at radius 3 is 2.00 bits per heavy atom. The Labute approximate surface area is 164 Å². The third-order valence-electron chi connectivity index (χ3n) is 5.31. The molecule has 2 rings (SSSR count). The SMILES string of the molecule is Cc1cc(C(C)(C)NC(=O)OC(C)(C)C)ccc1B1OC(C)(C)C(C)(C)O1. The average molecular weight is 375 g/mol. The summed E-state index contributed by atoms with van der Waals surface area (Å²) >= 11 is 0. The fourth-order valence-corrected chi connectivity index (χ4v) is 2.93. The lowest BCUT2D eigenvalue weighted by atomic mass is 9.75. The summed E-state index contributed by atoms with van der Waals surface area (Å²) in [5.74, 6) is 0. The van der Waals surface area contributed by atoms with Gasteiger partial charge < -0.3 is 19.4 Å². The molecular weight excluding hydrogens is 341 g/mol. The minimum Gasteiger partial charge on any atom is -0.444 e. The van der Waals surface area contributed by atoms with Crippen molar-refractivity contribution in [1.82, 2.24) is 5.32 Å². The molecule has 1 aromatic carbocycles. The number of rotatable bonds is 3. The number of carbonyl (C=O) groups excluding carboxylic acids is 1. The Morgan fingerprint density at radius 2 is 1.56 bits per heavy atom. The molecule has 0 spiro atoms. The molecule has 0 saturated carbocycles. The van der Waals surface area contributed by atoms with E-state index in [2.05, 4.69) is 11.4 Å². The Hall–Kier alpha value is -1.53. The summed E-state index contributed by atoms with van der Waals surface area (Å²) in [6, 6.07) is 6.09. The number of amides is 1. The van der Waals surface area contributed by atoms with Gasteiger partial charge in [-0.15, -0.1) is 0 Å². The zero-order valence-corrected chi connectivity index (χ0v) is 18.4. The highest BCUT2D eigenvalue weighted by Crippen LogP contribution is 2.36. The van der Waals surface area contributed by atoms with E-state index in [0.29, 0.717) is 0 Å². The van der Waals surface area contributed by atoms with Crippen molar-refractivity contribution in [3.8, 4) is 0 Å². The zero-order valence-electron chi connectivity index (χ0n) is 18.4. The van der Waals surface area contributed by atoms with Crippen molar-refractivity contribution in [1.29, 1.82) is 0 Å². The van der Waals surface area contributed by atoms with Crippen LogP contribution in [0.5, 0.6) is 0 Å². The van der Waals surface area contributed by atoms with Gasteiger partial charge in [-0.2, -0.15) is 0 Å². The first-order valence-corrected chi connectivity index (χ1v) is 9.52. The molecule has 0 bridgehead atoms. The van der Waals surface area contributed by atoms with E-state index in [1.807, 2.05) is 81.4 Å². The largest absolute Gasteiger partial charge is 0.495 e. The second-order valence-electron chi connectivity index (χ2n) is 9.91. The number of hydrogen-bond acceptors (Lipinski definition) is 4. The van der Waals surface area contributed by atoms with E-state index in [1.165, 1.54) is 0 Å². The molecule has 5 nitrogen and oxygen atoms in total. The Balaban J connectivity index is 2.20. The van der Waals surface area contributed by atoms with Crippen molar-refractivity contribution in [2.45, 2.75) is 91.6 Å². The van der Waals surface area contributed by atoms with Crippen LogP contribution in [0, 0.1) is 6.92 Å². The van der Waals surface area contributed by atoms with E-state index < -0.39 is 24.4 Å². The summed E-state index contributed by atoms with van der Waals surface area (Å²) < 4.78 is 17.7. The average Bonchev–Trinajstić information content (AvgIpc) is 2.64. The fourth-order valence-electron chi connectivity index (χ4n) is 2.93. The first-order valence-electron chi connectivity index (χ1n) is 9.52. The predicted molar refractivity (Wildman–Crippen MR) is 109 cm³/mol. The number of ether oxygens (including phenoxy) is 1. The van der Waals surface area contributed by atoms with E-state index in [4.69, 9.17) is 14.0 Å². The molecule has 27 heavy (non-hydrogen) atoms. The fraction of sp³-hybridized carbons (Fsp3) is 0.667. The first kappa shape index (κ1) is 21.8. The molecule has 0 radical (unpaired) electrons. The minimum atomic E-state index is -0.568. The quantitative estimate of drug-likeness (QED) is 0.810. The van der Waals surface area contributed by atoms with Gasteiger partial charge in [0.25, 0.3) is 0 Å². The lowest BCUT2D eigenvalue weighted by molar-refractivity contribution is 0.00578. The molecule has 0 aromatic heterocycles. The highest BCUT2D eigenvalue weighted by molar-refractivity contribution is 6.62. The first-order chi connectivity index (χ1) is 12.0. The number of alkyl carbamates (subject to hydrolysis) is 1. The Bertz CT molecular complexity index is 703. The molecule has 6 heteroatoms. The molecule has 1 aliphatic heterocycles. The lowest BCUT2D eigenvalue weighted by Crippen LogP contribution is -2.44. The molecule has 1 saturated heterocycles. The van der Waals surface area contributed by atoms with Gasteiger partial charge in [-0.3, -0.25) is 0 Å². The van der Waals surface area contributed by atoms with Gasteiger partial charge in [0.2, 0.25) is 0 Å². The van der Waals surface area contributed by atoms with Crippen LogP contribution in [-0.4, -0.2) is 30.0 Å². The van der Waals surface area contributed by atoms with Crippen LogP contribution in [0.25, 0.3) is 0 Å². The number of hydrogen-bond donors (Lipinski definition) is 1. The summed E-state index contributed by atoms with van der Waals surface area (Å²) in [4.78, 5) is 12.2. The molecule has 0 atom stereocenters. The topological polar surface area (TPSA) is 56.8 Å². The maximum atomic E-state index is 12.2. The molecule has 1 N–H and O–H groups in total. The number of nitrogens with one attached hydrogen (secondary N) is 1. The van der Waals surface area contributed by atoms with Crippen LogP contribution in [-0.2, 0) is 19.6 Å². The summed E-state index contributed by atoms with van der Waals surface area (Å²) in [5.41, 5.74) is 1.21. The van der Waals surface area contributed by atoms with Crippen molar-refractivity contribution < 1.29 is 18.8 Å². The molecular formula is C21H34BNO4. The minimum absolute atomic E-state index is 0.375. The van der Waals surface area contributed by atoms with E-state index in [9.17, 15) is 4.79 Å². The maximum Gasteiger partial charge on any atom is 0.495 e. The predicted octanol–water partition coefficient (Wildman–Crippen LogP) is 4.05. The summed E-state index contributed by atoms with van der Waals surface area (Å²) in [6.07, 6.45) is -0.430. The van der Waals surface area contributed by atoms with Crippen LogP contribution in [0.15, 0.2) is 18.2 Å². The standard InChI is InChI=1S/C21H34BNO4/c1-14-13-15(19(5,6)23-17(24)25-18(2,3)4)11-12-16(14)22-26-20(7,8)21(9,10)27-22/h11-13H,1-10H3,(H,23,24). The van der Waals surface area contributed by atoms with E-state index in [-0.39, 0.29) is 11.2 Å². The Kier molecular flexibility index (Phi) is 5.50. The zero-order chi connectivity index (χ0) is 20.8. The maximum absolute atomic E-state index is 12.2. The molecule has 1 fully saturated rings. The van der Waals surface area contributed by atoms with E-state index >= 15 is 0 Å². The van der Waals surface area contributed by atoms with Gasteiger partial charge in [-0.25, -0.2) is 4.79 Å². The van der Waals surface area contributed by atoms with Crippen molar-refractivity contribution in [3.05, 3.63) is 29.3 Å². The van der Waals surface area contributed by atoms with E-state index in [1.54, 1.807) is 0 Å². The number of carbonyl (C=O) groups is 1. The summed E-state index contributed by atoms with van der Waals surface area (Å²) in [5, 5.41) is 2.95. The van der Waals surface area contributed by atoms with Gasteiger partial charge in [0.1, 0.15) is 5.60 Å². The van der Waals surface area contributed by atoms with Gasteiger partial charge in [0.15, 0.2) is 0 Å². The van der Waals surface area contributed by atoms with Crippen LogP contribution in [0.4, 0.5) is 4.79 Å². The second kappa shape index (κ2) is 6.82. The molecule has 0 aliphatic carbocycles. The third-order valence-corrected chi connectivity index (χ3v) is 5.31. The van der Waals surface area contributed by atoms with Crippen molar-refractivity contribution in [3.63, 3.8) is 0 Å². The van der Waals surface area contributed by atoms with Crippen LogP contribution in [0.3, 0.4) is 0 Å². The van der Waals surface area contributed by atoms with Gasteiger partial charge in [0.05, 0.1) is 16.7 Å². The van der Waals surface area contributed by atoms with Crippen LogP contribution in [0.1, 0.15) is 73.4 Å². The molecule has 1 amide bonds. The molecule has 150 valence electrons. The van der Waals surface area contributed by atoms with Gasteiger partial charge >= 0.3 is 13.2 Å². The molecule has 1 aliphatic rings. The highest BCUT2D eigenvalue weighted by atomic mass is 16.7. The normalized spacial score (nSPS) is 19.1. The number of benzene rings is 1. The second-order valence-corrected chi connectivity index (χ2v) is 9.91. The molecule has 1 heterocycles. The smallest absolute Gasteiger partial charge is 0.444 e. The monoisotopic (exact) mass is 375 g/mol. The summed E-state index contributed by atoms with van der Waals surface area (Å²) in [7, 11) is -0.397. The van der Waals surface area contributed by atoms with Crippen molar-refractivity contribution in [2.75, 3.05) is 0 Å². The van der Waals surface area contributed by atoms with Crippen LogP contribution < -0.4 is 10.8 Å². The molecule has 1 aromatic rings. The van der Waals surface area contributed by atoms with Gasteiger partial charge in [0, 0.05) is 0 Å². The van der Waals surface area contributed by atoms with Crippen LogP contribution >= 0.6 is 0 Å². The Morgan fingerprint density at radius 1 is 1.04 bits per heavy atom. The lowest BCUT2D eigenvalue weighted by Gasteiger charge is -2.32. The third kappa shape index (κ3) is 4.85. The highest BCUT2D eigenvalue weighted by Gasteiger charge is 2.52. The van der Waals surface area contributed by atoms with Crippen LogP contribution in [0.2, 0.25) is 0 Å². The molecule has 0 unspecified atom stereocenters.